The summed E-state index contributed by atoms with van der Waals surface area (Å²) in [6.45, 7) is 6.72. The lowest BCUT2D eigenvalue weighted by Crippen LogP contribution is -1.93. The molecule has 0 spiro atoms. The fourth-order valence-electron chi connectivity index (χ4n) is 0.988. The monoisotopic (exact) mass is 163 g/mol. The van der Waals surface area contributed by atoms with Gasteiger partial charge in [-0.15, -0.1) is 6.58 Å². The molecule has 64 valence electrons. The highest BCUT2D eigenvalue weighted by molar-refractivity contribution is 5.74. The number of aldehydes is 1. The molecule has 0 saturated carbocycles. The maximum absolute atomic E-state index is 10.3. The molecule has 1 rings (SSSR count). The molecular weight excluding hydrogens is 150 g/mol. The summed E-state index contributed by atoms with van der Waals surface area (Å²) in [7, 11) is 0. The molecule has 2 heteroatoms. The number of carbonyl (C=O) groups excluding carboxylic acids is 1. The highest BCUT2D eigenvalue weighted by atomic mass is 16.1. The van der Waals surface area contributed by atoms with E-state index in [2.05, 4.69) is 6.58 Å². The molecule has 0 aliphatic rings. The van der Waals surface area contributed by atoms with E-state index in [-0.39, 0.29) is 0 Å². The summed E-state index contributed by atoms with van der Waals surface area (Å²) < 4.78 is 2.00. The van der Waals surface area contributed by atoms with Crippen LogP contribution in [0.3, 0.4) is 0 Å². The summed E-state index contributed by atoms with van der Waals surface area (Å²) in [5, 5.41) is 0. The summed E-state index contributed by atoms with van der Waals surface area (Å²) in [5.41, 5.74) is 1.90. The molecule has 1 aromatic rings. The number of carbonyl (C=O) groups is 1. The molecule has 0 atom stereocenters. The summed E-state index contributed by atoms with van der Waals surface area (Å²) in [5.74, 6) is 0. The molecule has 0 aliphatic heterocycles. The first-order valence-corrected chi connectivity index (χ1v) is 3.97. The van der Waals surface area contributed by atoms with Crippen molar-refractivity contribution in [2.75, 3.05) is 0 Å². The highest BCUT2D eigenvalue weighted by Gasteiger charge is 1.94. The SMILES string of the molecule is C=C(C)CCn1ccc(C=O)c1. The van der Waals surface area contributed by atoms with E-state index < -0.39 is 0 Å². The van der Waals surface area contributed by atoms with Gasteiger partial charge in [-0.25, -0.2) is 0 Å². The summed E-state index contributed by atoms with van der Waals surface area (Å²) >= 11 is 0. The smallest absolute Gasteiger partial charge is 0.151 e. The lowest BCUT2D eigenvalue weighted by molar-refractivity contribution is 0.112. The van der Waals surface area contributed by atoms with Crippen molar-refractivity contribution in [2.45, 2.75) is 19.9 Å². The number of hydrogen-bond acceptors (Lipinski definition) is 1. The molecule has 12 heavy (non-hydrogen) atoms. The fourth-order valence-corrected chi connectivity index (χ4v) is 0.988. The van der Waals surface area contributed by atoms with Gasteiger partial charge in [0.15, 0.2) is 6.29 Å². The second-order valence-corrected chi connectivity index (χ2v) is 3.01. The molecule has 0 radical (unpaired) electrons. The van der Waals surface area contributed by atoms with Crippen LogP contribution in [0.25, 0.3) is 0 Å². The molecule has 0 amide bonds. The third kappa shape index (κ3) is 2.38. The topological polar surface area (TPSA) is 22.0 Å². The molecule has 0 bridgehead atoms. The minimum Gasteiger partial charge on any atom is -0.353 e. The molecule has 0 N–H and O–H groups in total. The third-order valence-electron chi connectivity index (χ3n) is 1.71. The van der Waals surface area contributed by atoms with Gasteiger partial charge in [0.05, 0.1) is 0 Å². The average molecular weight is 163 g/mol. The van der Waals surface area contributed by atoms with E-state index >= 15 is 0 Å². The van der Waals surface area contributed by atoms with Crippen molar-refractivity contribution in [3.8, 4) is 0 Å². The quantitative estimate of drug-likeness (QED) is 0.493. The molecule has 0 saturated heterocycles. The number of aromatic nitrogens is 1. The van der Waals surface area contributed by atoms with Crippen molar-refractivity contribution in [1.29, 1.82) is 0 Å². The van der Waals surface area contributed by atoms with Crippen LogP contribution in [0.1, 0.15) is 23.7 Å². The lowest BCUT2D eigenvalue weighted by atomic mass is 10.2. The van der Waals surface area contributed by atoms with Gasteiger partial charge >= 0.3 is 0 Å². The first-order valence-electron chi connectivity index (χ1n) is 3.97. The summed E-state index contributed by atoms with van der Waals surface area (Å²) in [6.07, 6.45) is 5.58. The fraction of sp³-hybridized carbons (Fsp3) is 0.300. The second kappa shape index (κ2) is 3.90. The summed E-state index contributed by atoms with van der Waals surface area (Å²) in [6, 6.07) is 1.81. The Bertz CT molecular complexity index is 286. The van der Waals surface area contributed by atoms with Gasteiger partial charge in [-0.2, -0.15) is 0 Å². The van der Waals surface area contributed by atoms with E-state index in [0.717, 1.165) is 30.4 Å². The Labute approximate surface area is 72.5 Å². The van der Waals surface area contributed by atoms with Gasteiger partial charge in [0.25, 0.3) is 0 Å². The van der Waals surface area contributed by atoms with Gasteiger partial charge in [-0.1, -0.05) is 5.57 Å². The molecule has 1 aromatic heterocycles. The predicted octanol–water partition coefficient (Wildman–Crippen LogP) is 2.27. The molecular formula is C10H13NO. The van der Waals surface area contributed by atoms with Crippen LogP contribution in [0.5, 0.6) is 0 Å². The van der Waals surface area contributed by atoms with Crippen LogP contribution in [-0.4, -0.2) is 10.9 Å². The average Bonchev–Trinajstić information content (AvgIpc) is 2.48. The van der Waals surface area contributed by atoms with Crippen LogP contribution in [-0.2, 0) is 6.54 Å². The highest BCUT2D eigenvalue weighted by Crippen LogP contribution is 2.02. The van der Waals surface area contributed by atoms with Crippen molar-refractivity contribution in [3.63, 3.8) is 0 Å². The zero-order valence-corrected chi connectivity index (χ0v) is 7.29. The van der Waals surface area contributed by atoms with Crippen molar-refractivity contribution < 1.29 is 4.79 Å². The van der Waals surface area contributed by atoms with E-state index in [9.17, 15) is 4.79 Å². The zero-order valence-electron chi connectivity index (χ0n) is 7.29. The molecule has 0 aromatic carbocycles. The van der Waals surface area contributed by atoms with E-state index in [1.54, 1.807) is 0 Å². The number of allylic oxidation sites excluding steroid dienone is 1. The van der Waals surface area contributed by atoms with Gasteiger partial charge in [-0.3, -0.25) is 4.79 Å². The van der Waals surface area contributed by atoms with E-state index in [1.165, 1.54) is 0 Å². The Hall–Kier alpha value is -1.31. The van der Waals surface area contributed by atoms with Gasteiger partial charge < -0.3 is 4.57 Å². The largest absolute Gasteiger partial charge is 0.353 e. The van der Waals surface area contributed by atoms with Gasteiger partial charge in [0, 0.05) is 24.5 Å². The van der Waals surface area contributed by atoms with Gasteiger partial charge in [0.1, 0.15) is 0 Å². The number of hydrogen-bond donors (Lipinski definition) is 0. The molecule has 0 aliphatic carbocycles. The number of nitrogens with zero attached hydrogens (tertiary/aromatic N) is 1. The Kier molecular flexibility index (Phi) is 2.86. The molecule has 2 nitrogen and oxygen atoms in total. The minimum atomic E-state index is 0.733. The second-order valence-electron chi connectivity index (χ2n) is 3.01. The number of aryl methyl sites for hydroxylation is 1. The lowest BCUT2D eigenvalue weighted by Gasteiger charge is -2.00. The van der Waals surface area contributed by atoms with Crippen LogP contribution >= 0.6 is 0 Å². The van der Waals surface area contributed by atoms with E-state index in [1.807, 2.05) is 30.0 Å². The molecule has 0 unspecified atom stereocenters. The standard InChI is InChI=1S/C10H13NO/c1-9(2)3-5-11-6-4-10(7-11)8-12/h4,6-8H,1,3,5H2,2H3. The Morgan fingerprint density at radius 3 is 3.00 bits per heavy atom. The van der Waals surface area contributed by atoms with Gasteiger partial charge in [0.2, 0.25) is 0 Å². The van der Waals surface area contributed by atoms with Crippen LogP contribution in [0.2, 0.25) is 0 Å². The number of rotatable bonds is 4. The van der Waals surface area contributed by atoms with Crippen LogP contribution in [0.4, 0.5) is 0 Å². The summed E-state index contributed by atoms with van der Waals surface area (Å²) in [4.78, 5) is 10.3. The minimum absolute atomic E-state index is 0.733. The Balaban J connectivity index is 2.52. The van der Waals surface area contributed by atoms with Crippen LogP contribution < -0.4 is 0 Å². The Morgan fingerprint density at radius 1 is 1.75 bits per heavy atom. The van der Waals surface area contributed by atoms with Crippen molar-refractivity contribution in [3.05, 3.63) is 36.2 Å². The normalized spacial score (nSPS) is 9.75. The molecule has 1 heterocycles. The first kappa shape index (κ1) is 8.78. The first-order chi connectivity index (χ1) is 5.72. The predicted molar refractivity (Wildman–Crippen MR) is 49.3 cm³/mol. The molecule has 0 fully saturated rings. The van der Waals surface area contributed by atoms with Crippen LogP contribution in [0, 0.1) is 0 Å². The maximum Gasteiger partial charge on any atom is 0.151 e. The zero-order chi connectivity index (χ0) is 8.97. The van der Waals surface area contributed by atoms with Crippen LogP contribution in [0.15, 0.2) is 30.6 Å². The van der Waals surface area contributed by atoms with Crippen molar-refractivity contribution in [2.24, 2.45) is 0 Å². The van der Waals surface area contributed by atoms with Crippen molar-refractivity contribution in [1.82, 2.24) is 4.57 Å². The van der Waals surface area contributed by atoms with Crippen molar-refractivity contribution >= 4 is 6.29 Å². The van der Waals surface area contributed by atoms with E-state index in [0.29, 0.717) is 0 Å². The van der Waals surface area contributed by atoms with Gasteiger partial charge in [-0.05, 0) is 19.4 Å². The third-order valence-corrected chi connectivity index (χ3v) is 1.71. The van der Waals surface area contributed by atoms with E-state index in [4.69, 9.17) is 0 Å². The Morgan fingerprint density at radius 2 is 2.50 bits per heavy atom. The maximum atomic E-state index is 10.3.